The highest BCUT2D eigenvalue weighted by molar-refractivity contribution is 6.29. The number of ketones is 1. The molecule has 0 bridgehead atoms. The lowest BCUT2D eigenvalue weighted by Crippen LogP contribution is -1.99. The van der Waals surface area contributed by atoms with Crippen LogP contribution in [0.15, 0.2) is 45.9 Å². The molecule has 2 heterocycles. The number of allylic oxidation sites excluding steroid dienone is 3. The van der Waals surface area contributed by atoms with Crippen LogP contribution in [0.1, 0.15) is 47.3 Å². The van der Waals surface area contributed by atoms with E-state index in [1.54, 1.807) is 30.3 Å². The fraction of sp³-hybridized carbons (Fsp3) is 0.182. The Morgan fingerprint density at radius 2 is 1.89 bits per heavy atom. The van der Waals surface area contributed by atoms with Crippen molar-refractivity contribution in [2.24, 2.45) is 7.05 Å². The summed E-state index contributed by atoms with van der Waals surface area (Å²) in [5, 5.41) is 18.8. The van der Waals surface area contributed by atoms with Gasteiger partial charge in [-0.3, -0.25) is 4.79 Å². The first kappa shape index (κ1) is 17.5. The first-order valence-corrected chi connectivity index (χ1v) is 8.83. The van der Waals surface area contributed by atoms with Gasteiger partial charge < -0.3 is 8.98 Å². The van der Waals surface area contributed by atoms with Crippen molar-refractivity contribution >= 4 is 28.7 Å². The zero-order chi connectivity index (χ0) is 20.0. The van der Waals surface area contributed by atoms with Crippen LogP contribution in [0.3, 0.4) is 0 Å². The van der Waals surface area contributed by atoms with Crippen LogP contribution in [0.5, 0.6) is 0 Å². The van der Waals surface area contributed by atoms with Gasteiger partial charge in [0.05, 0.1) is 0 Å². The van der Waals surface area contributed by atoms with Crippen molar-refractivity contribution in [2.45, 2.75) is 19.8 Å². The topological polar surface area (TPSA) is 95.6 Å². The Kier molecular flexibility index (Phi) is 3.98. The molecule has 0 aliphatic heterocycles. The molecule has 0 radical (unpaired) electrons. The highest BCUT2D eigenvalue weighted by Crippen LogP contribution is 2.40. The highest BCUT2D eigenvalue weighted by atomic mass is 16.3. The molecule has 136 valence electrons. The van der Waals surface area contributed by atoms with Gasteiger partial charge in [-0.25, -0.2) is 0 Å². The molecular formula is C22H16N4O2. The zero-order valence-corrected chi connectivity index (χ0v) is 15.6. The lowest BCUT2D eigenvalue weighted by atomic mass is 9.99. The van der Waals surface area contributed by atoms with Crippen molar-refractivity contribution in [1.82, 2.24) is 9.55 Å². The molecule has 6 nitrogen and oxygen atoms in total. The predicted octanol–water partition coefficient (Wildman–Crippen LogP) is 4.37. The Morgan fingerprint density at radius 3 is 2.50 bits per heavy atom. The SMILES string of the molecule is CC(C)c1nc2oc(/C=C3\C(=O)c4ccccc4C3=C(C#N)C#N)cc2n1C. The summed E-state index contributed by atoms with van der Waals surface area (Å²) in [6.07, 6.45) is 1.59. The molecule has 1 aliphatic carbocycles. The maximum absolute atomic E-state index is 12.9. The maximum atomic E-state index is 12.9. The van der Waals surface area contributed by atoms with Gasteiger partial charge in [0.15, 0.2) is 5.78 Å². The number of nitriles is 2. The normalized spacial score (nSPS) is 14.6. The molecule has 0 atom stereocenters. The van der Waals surface area contributed by atoms with E-state index in [0.29, 0.717) is 28.2 Å². The summed E-state index contributed by atoms with van der Waals surface area (Å²) in [5.74, 6) is 1.38. The van der Waals surface area contributed by atoms with Crippen LogP contribution >= 0.6 is 0 Å². The number of furan rings is 1. The molecule has 1 aromatic carbocycles. The second-order valence-corrected chi connectivity index (χ2v) is 6.93. The number of benzene rings is 1. The number of Topliss-reactive ketones (excluding diaryl/α,β-unsaturated/α-hetero) is 1. The van der Waals surface area contributed by atoms with Crippen molar-refractivity contribution in [3.63, 3.8) is 0 Å². The van der Waals surface area contributed by atoms with Gasteiger partial charge in [-0.05, 0) is 11.6 Å². The van der Waals surface area contributed by atoms with Crippen LogP contribution in [0.4, 0.5) is 0 Å². The average Bonchev–Trinajstić information content (AvgIpc) is 3.30. The molecule has 4 rings (SSSR count). The first-order valence-electron chi connectivity index (χ1n) is 8.83. The van der Waals surface area contributed by atoms with Gasteiger partial charge in [0.2, 0.25) is 5.71 Å². The van der Waals surface area contributed by atoms with Gasteiger partial charge in [-0.15, -0.1) is 0 Å². The molecule has 0 saturated heterocycles. The Hall–Kier alpha value is -3.90. The Labute approximate surface area is 161 Å². The number of hydrogen-bond acceptors (Lipinski definition) is 5. The molecule has 0 amide bonds. The third-order valence-corrected chi connectivity index (χ3v) is 4.87. The number of hydrogen-bond donors (Lipinski definition) is 0. The first-order chi connectivity index (χ1) is 13.5. The molecule has 6 heteroatoms. The van der Waals surface area contributed by atoms with E-state index in [-0.39, 0.29) is 22.8 Å². The number of nitrogens with zero attached hydrogens (tertiary/aromatic N) is 4. The molecule has 28 heavy (non-hydrogen) atoms. The van der Waals surface area contributed by atoms with Crippen LogP contribution < -0.4 is 0 Å². The Balaban J connectivity index is 1.91. The second kappa shape index (κ2) is 6.37. The van der Waals surface area contributed by atoms with E-state index in [2.05, 4.69) is 18.8 Å². The number of rotatable bonds is 2. The smallest absolute Gasteiger partial charge is 0.245 e. The zero-order valence-electron chi connectivity index (χ0n) is 15.6. The summed E-state index contributed by atoms with van der Waals surface area (Å²) in [7, 11) is 1.92. The van der Waals surface area contributed by atoms with Crippen molar-refractivity contribution in [2.75, 3.05) is 0 Å². The van der Waals surface area contributed by atoms with Crippen molar-refractivity contribution < 1.29 is 9.21 Å². The molecule has 0 fully saturated rings. The minimum atomic E-state index is -0.232. The monoisotopic (exact) mass is 368 g/mol. The van der Waals surface area contributed by atoms with Gasteiger partial charge >= 0.3 is 0 Å². The summed E-state index contributed by atoms with van der Waals surface area (Å²) in [6, 6.07) is 12.6. The molecule has 3 aromatic rings. The summed E-state index contributed by atoms with van der Waals surface area (Å²) in [4.78, 5) is 17.4. The van der Waals surface area contributed by atoms with Gasteiger partial charge in [0.25, 0.3) is 0 Å². The van der Waals surface area contributed by atoms with Gasteiger partial charge in [0.1, 0.15) is 34.8 Å². The number of imidazole rings is 1. The van der Waals surface area contributed by atoms with E-state index in [0.717, 1.165) is 11.3 Å². The minimum Gasteiger partial charge on any atom is -0.437 e. The molecule has 0 N–H and O–H groups in total. The van der Waals surface area contributed by atoms with E-state index in [4.69, 9.17) is 4.42 Å². The van der Waals surface area contributed by atoms with Gasteiger partial charge in [0, 0.05) is 35.7 Å². The van der Waals surface area contributed by atoms with Crippen LogP contribution in [-0.4, -0.2) is 15.3 Å². The van der Waals surface area contributed by atoms with Crippen molar-refractivity contribution in [3.8, 4) is 12.1 Å². The molecular weight excluding hydrogens is 352 g/mol. The quantitative estimate of drug-likeness (QED) is 0.494. The van der Waals surface area contributed by atoms with E-state index in [1.165, 1.54) is 0 Å². The van der Waals surface area contributed by atoms with E-state index in [1.807, 2.05) is 29.8 Å². The Bertz CT molecular complexity index is 1270. The third-order valence-electron chi connectivity index (χ3n) is 4.87. The number of carbonyl (C=O) groups excluding carboxylic acids is 1. The number of carbonyl (C=O) groups is 1. The molecule has 1 aliphatic rings. The number of aromatic nitrogens is 2. The largest absolute Gasteiger partial charge is 0.437 e. The van der Waals surface area contributed by atoms with Crippen LogP contribution in [0, 0.1) is 22.7 Å². The van der Waals surface area contributed by atoms with Crippen LogP contribution in [-0.2, 0) is 7.05 Å². The van der Waals surface area contributed by atoms with E-state index >= 15 is 0 Å². The number of aryl methyl sites for hydroxylation is 1. The summed E-state index contributed by atoms with van der Waals surface area (Å²) < 4.78 is 7.80. The third kappa shape index (κ3) is 2.47. The maximum Gasteiger partial charge on any atom is 0.245 e. The summed E-state index contributed by atoms with van der Waals surface area (Å²) in [6.45, 7) is 4.11. The second-order valence-electron chi connectivity index (χ2n) is 6.93. The fourth-order valence-corrected chi connectivity index (χ4v) is 3.59. The number of fused-ring (bicyclic) bond motifs is 2. The van der Waals surface area contributed by atoms with Gasteiger partial charge in [-0.2, -0.15) is 15.5 Å². The lowest BCUT2D eigenvalue weighted by molar-refractivity contribution is 0.104. The Morgan fingerprint density at radius 1 is 1.21 bits per heavy atom. The predicted molar refractivity (Wildman–Crippen MR) is 104 cm³/mol. The summed E-state index contributed by atoms with van der Waals surface area (Å²) >= 11 is 0. The van der Waals surface area contributed by atoms with Crippen LogP contribution in [0.25, 0.3) is 22.9 Å². The fourth-order valence-electron chi connectivity index (χ4n) is 3.59. The van der Waals surface area contributed by atoms with E-state index in [9.17, 15) is 15.3 Å². The summed E-state index contributed by atoms with van der Waals surface area (Å²) in [5.41, 5.74) is 2.92. The molecule has 0 unspecified atom stereocenters. The highest BCUT2D eigenvalue weighted by Gasteiger charge is 2.32. The average molecular weight is 368 g/mol. The van der Waals surface area contributed by atoms with E-state index < -0.39 is 0 Å². The van der Waals surface area contributed by atoms with Crippen molar-refractivity contribution in [1.29, 1.82) is 10.5 Å². The van der Waals surface area contributed by atoms with Crippen LogP contribution in [0.2, 0.25) is 0 Å². The molecule has 2 aromatic heterocycles. The molecule has 0 spiro atoms. The molecule has 0 saturated carbocycles. The van der Waals surface area contributed by atoms with Gasteiger partial charge in [-0.1, -0.05) is 38.1 Å². The lowest BCUT2D eigenvalue weighted by Gasteiger charge is -2.04. The minimum absolute atomic E-state index is 0.0964. The standard InChI is InChI=1S/C22H16N4O2/c1-12(2)21-25-22-18(26(21)3)9-14(28-22)8-17-19(13(10-23)11-24)15-6-4-5-7-16(15)20(17)27/h4-9,12H,1-3H3/b17-8-. The van der Waals surface area contributed by atoms with Crippen molar-refractivity contribution in [3.05, 3.63) is 64.2 Å².